The molecule has 0 aliphatic carbocycles. The van der Waals surface area contributed by atoms with Crippen LogP contribution < -0.4 is 0 Å². The normalized spacial score (nSPS) is 23.4. The zero-order chi connectivity index (χ0) is 7.40. The van der Waals surface area contributed by atoms with Crippen molar-refractivity contribution < 1.29 is 9.50 Å². The van der Waals surface area contributed by atoms with Crippen LogP contribution in [0.5, 0.6) is 0 Å². The summed E-state index contributed by atoms with van der Waals surface area (Å²) in [7, 11) is 0. The number of halogens is 1. The summed E-state index contributed by atoms with van der Waals surface area (Å²) in [5.41, 5.74) is 0. The summed E-state index contributed by atoms with van der Waals surface area (Å²) in [5.74, 6) is 0. The molecule has 1 heterocycles. The molecule has 1 fully saturated rings. The first-order valence-electron chi connectivity index (χ1n) is 3.79. The maximum Gasteiger partial charge on any atom is 0.117 e. The van der Waals surface area contributed by atoms with E-state index >= 15 is 0 Å². The molecule has 0 aromatic carbocycles. The van der Waals surface area contributed by atoms with Gasteiger partial charge in [0.1, 0.15) is 6.67 Å². The Bertz CT molecular complexity index is 93.6. The molecule has 1 N–H and O–H groups in total. The Hall–Kier alpha value is -0.150. The first kappa shape index (κ1) is 7.95. The molecule has 2 nitrogen and oxygen atoms in total. The average molecular weight is 147 g/mol. The molecule has 0 bridgehead atoms. The monoisotopic (exact) mass is 147 g/mol. The summed E-state index contributed by atoms with van der Waals surface area (Å²) in [6, 6.07) is 0. The summed E-state index contributed by atoms with van der Waals surface area (Å²) in [4.78, 5) is 2.10. The minimum atomic E-state index is -0.766. The van der Waals surface area contributed by atoms with E-state index in [4.69, 9.17) is 5.11 Å². The molecule has 10 heavy (non-hydrogen) atoms. The number of hydrogen-bond acceptors (Lipinski definition) is 2. The average Bonchev–Trinajstić information content (AvgIpc) is 2.40. The Morgan fingerprint density at radius 2 is 2.00 bits per heavy atom. The number of β-amino-alcohol motifs (C(OH)–C–C–N with tert-alkyl or cyclic N) is 1. The smallest absolute Gasteiger partial charge is 0.117 e. The molecular formula is C7H14FNO. The third kappa shape index (κ3) is 2.23. The Kier molecular flexibility index (Phi) is 3.09. The van der Waals surface area contributed by atoms with Gasteiger partial charge in [-0.25, -0.2) is 4.39 Å². The SMILES string of the molecule is O[C@@H](CF)CN1CCCC1. The van der Waals surface area contributed by atoms with Gasteiger partial charge in [0.2, 0.25) is 0 Å². The van der Waals surface area contributed by atoms with Crippen molar-refractivity contribution in [3.05, 3.63) is 0 Å². The van der Waals surface area contributed by atoms with Crippen LogP contribution in [0.1, 0.15) is 12.8 Å². The molecule has 0 amide bonds. The van der Waals surface area contributed by atoms with Gasteiger partial charge in [-0.15, -0.1) is 0 Å². The number of likely N-dealkylation sites (tertiary alicyclic amines) is 1. The van der Waals surface area contributed by atoms with E-state index in [0.29, 0.717) is 6.54 Å². The zero-order valence-electron chi connectivity index (χ0n) is 6.09. The lowest BCUT2D eigenvalue weighted by molar-refractivity contribution is 0.0996. The van der Waals surface area contributed by atoms with Crippen molar-refractivity contribution in [1.82, 2.24) is 4.90 Å². The number of alkyl halides is 1. The molecule has 1 aliphatic heterocycles. The second-order valence-corrected chi connectivity index (χ2v) is 2.82. The fourth-order valence-electron chi connectivity index (χ4n) is 1.31. The van der Waals surface area contributed by atoms with Crippen LogP contribution >= 0.6 is 0 Å². The molecule has 0 radical (unpaired) electrons. The van der Waals surface area contributed by atoms with E-state index in [1.54, 1.807) is 0 Å². The van der Waals surface area contributed by atoms with Crippen molar-refractivity contribution in [3.63, 3.8) is 0 Å². The largest absolute Gasteiger partial charge is 0.389 e. The van der Waals surface area contributed by atoms with Gasteiger partial charge in [-0.05, 0) is 25.9 Å². The van der Waals surface area contributed by atoms with Gasteiger partial charge in [-0.2, -0.15) is 0 Å². The van der Waals surface area contributed by atoms with Crippen molar-refractivity contribution in [3.8, 4) is 0 Å². The van der Waals surface area contributed by atoms with Gasteiger partial charge in [-0.3, -0.25) is 0 Å². The molecule has 0 unspecified atom stereocenters. The molecule has 1 aliphatic rings. The van der Waals surface area contributed by atoms with Crippen molar-refractivity contribution in [2.75, 3.05) is 26.3 Å². The van der Waals surface area contributed by atoms with E-state index in [2.05, 4.69) is 4.90 Å². The standard InChI is InChI=1S/C7H14FNO/c8-5-7(10)6-9-3-1-2-4-9/h7,10H,1-6H2/t7-/m0/s1. The van der Waals surface area contributed by atoms with Crippen LogP contribution in [0.25, 0.3) is 0 Å². The van der Waals surface area contributed by atoms with Crippen molar-refractivity contribution in [2.45, 2.75) is 18.9 Å². The fourth-order valence-corrected chi connectivity index (χ4v) is 1.31. The number of rotatable bonds is 3. The first-order valence-corrected chi connectivity index (χ1v) is 3.79. The molecule has 0 spiro atoms. The van der Waals surface area contributed by atoms with Gasteiger partial charge in [-0.1, -0.05) is 0 Å². The summed E-state index contributed by atoms with van der Waals surface area (Å²) in [6.45, 7) is 1.95. The second kappa shape index (κ2) is 3.88. The highest BCUT2D eigenvalue weighted by molar-refractivity contribution is 4.69. The Morgan fingerprint density at radius 1 is 1.40 bits per heavy atom. The Morgan fingerprint density at radius 3 is 2.50 bits per heavy atom. The number of aliphatic hydroxyl groups is 1. The summed E-state index contributed by atoms with van der Waals surface area (Å²) < 4.78 is 11.8. The second-order valence-electron chi connectivity index (χ2n) is 2.82. The zero-order valence-corrected chi connectivity index (χ0v) is 6.09. The lowest BCUT2D eigenvalue weighted by atomic mass is 10.3. The van der Waals surface area contributed by atoms with Gasteiger partial charge in [0.15, 0.2) is 0 Å². The first-order chi connectivity index (χ1) is 4.83. The molecule has 3 heteroatoms. The molecule has 1 rings (SSSR count). The van der Waals surface area contributed by atoms with Crippen LogP contribution in [0.4, 0.5) is 4.39 Å². The summed E-state index contributed by atoms with van der Waals surface area (Å²) in [5, 5.41) is 8.90. The van der Waals surface area contributed by atoms with E-state index in [0.717, 1.165) is 13.1 Å². The minimum absolute atomic E-state index is 0.510. The third-order valence-corrected chi connectivity index (χ3v) is 1.85. The van der Waals surface area contributed by atoms with E-state index in [9.17, 15) is 4.39 Å². The highest BCUT2D eigenvalue weighted by Gasteiger charge is 2.14. The number of nitrogens with zero attached hydrogens (tertiary/aromatic N) is 1. The lowest BCUT2D eigenvalue weighted by Gasteiger charge is -2.16. The maximum absolute atomic E-state index is 11.8. The number of aliphatic hydroxyl groups excluding tert-OH is 1. The quantitative estimate of drug-likeness (QED) is 0.625. The minimum Gasteiger partial charge on any atom is -0.389 e. The van der Waals surface area contributed by atoms with Gasteiger partial charge >= 0.3 is 0 Å². The van der Waals surface area contributed by atoms with E-state index in [1.165, 1.54) is 12.8 Å². The predicted molar refractivity (Wildman–Crippen MR) is 37.7 cm³/mol. The van der Waals surface area contributed by atoms with Gasteiger partial charge in [0, 0.05) is 6.54 Å². The summed E-state index contributed by atoms with van der Waals surface area (Å²) in [6.07, 6.45) is 1.62. The van der Waals surface area contributed by atoms with Crippen LogP contribution in [-0.2, 0) is 0 Å². The highest BCUT2D eigenvalue weighted by Crippen LogP contribution is 2.07. The van der Waals surface area contributed by atoms with Gasteiger partial charge < -0.3 is 10.0 Å². The third-order valence-electron chi connectivity index (χ3n) is 1.85. The van der Waals surface area contributed by atoms with Crippen molar-refractivity contribution in [1.29, 1.82) is 0 Å². The van der Waals surface area contributed by atoms with Crippen LogP contribution in [0, 0.1) is 0 Å². The van der Waals surface area contributed by atoms with Gasteiger partial charge in [0.05, 0.1) is 6.10 Å². The Labute approximate surface area is 60.6 Å². The van der Waals surface area contributed by atoms with Crippen LogP contribution in [0.3, 0.4) is 0 Å². The van der Waals surface area contributed by atoms with E-state index in [-0.39, 0.29) is 0 Å². The van der Waals surface area contributed by atoms with Crippen molar-refractivity contribution in [2.24, 2.45) is 0 Å². The molecular weight excluding hydrogens is 133 g/mol. The van der Waals surface area contributed by atoms with Crippen LogP contribution in [-0.4, -0.2) is 42.4 Å². The molecule has 1 atom stereocenters. The van der Waals surface area contributed by atoms with Crippen LogP contribution in [0.15, 0.2) is 0 Å². The molecule has 60 valence electrons. The van der Waals surface area contributed by atoms with E-state index < -0.39 is 12.8 Å². The van der Waals surface area contributed by atoms with Gasteiger partial charge in [0.25, 0.3) is 0 Å². The predicted octanol–water partition coefficient (Wildman–Crippen LogP) is 0.413. The molecule has 0 aromatic heterocycles. The Balaban J connectivity index is 2.11. The van der Waals surface area contributed by atoms with E-state index in [1.807, 2.05) is 0 Å². The molecule has 0 aromatic rings. The van der Waals surface area contributed by atoms with Crippen molar-refractivity contribution >= 4 is 0 Å². The van der Waals surface area contributed by atoms with Crippen LogP contribution in [0.2, 0.25) is 0 Å². The fraction of sp³-hybridized carbons (Fsp3) is 1.00. The molecule has 1 saturated heterocycles. The topological polar surface area (TPSA) is 23.5 Å². The summed E-state index contributed by atoms with van der Waals surface area (Å²) >= 11 is 0. The lowest BCUT2D eigenvalue weighted by Crippen LogP contribution is -2.30. The molecule has 0 saturated carbocycles. The highest BCUT2D eigenvalue weighted by atomic mass is 19.1. The number of hydrogen-bond donors (Lipinski definition) is 1. The maximum atomic E-state index is 11.8.